The molecule has 144 valence electrons. The number of hydrogen-bond donors (Lipinski definition) is 1. The predicted molar refractivity (Wildman–Crippen MR) is 106 cm³/mol. The number of thioether (sulfide) groups is 1. The summed E-state index contributed by atoms with van der Waals surface area (Å²) in [5.74, 6) is 2.43. The average molecular weight is 390 g/mol. The molecule has 3 rings (SSSR count). The van der Waals surface area contributed by atoms with E-state index < -0.39 is 0 Å². The lowest BCUT2D eigenvalue weighted by Gasteiger charge is -2.26. The Morgan fingerprint density at radius 1 is 0.963 bits per heavy atom. The van der Waals surface area contributed by atoms with Crippen LogP contribution in [-0.4, -0.2) is 40.1 Å². The lowest BCUT2D eigenvalue weighted by molar-refractivity contribution is -0.115. The standard InChI is InChI=1S/C19H22N2O5S/c1-23-14-6-5-11(7-13(14)20)19-21(17(22)10-27-19)12-8-15(24-2)18(26-4)16(9-12)25-3/h5-9,19H,10,20H2,1-4H3. The minimum Gasteiger partial charge on any atom is -0.495 e. The van der Waals surface area contributed by atoms with E-state index in [1.165, 1.54) is 11.8 Å². The van der Waals surface area contributed by atoms with Gasteiger partial charge >= 0.3 is 0 Å². The maximum Gasteiger partial charge on any atom is 0.238 e. The number of carbonyl (C=O) groups is 1. The molecule has 2 aromatic rings. The van der Waals surface area contributed by atoms with Gasteiger partial charge in [-0.15, -0.1) is 11.8 Å². The zero-order valence-electron chi connectivity index (χ0n) is 15.6. The Morgan fingerprint density at radius 3 is 2.11 bits per heavy atom. The first kappa shape index (κ1) is 19.0. The van der Waals surface area contributed by atoms with Crippen molar-refractivity contribution in [1.29, 1.82) is 0 Å². The number of anilines is 2. The van der Waals surface area contributed by atoms with Gasteiger partial charge in [0.2, 0.25) is 11.7 Å². The Balaban J connectivity index is 2.06. The van der Waals surface area contributed by atoms with Crippen LogP contribution in [0.15, 0.2) is 30.3 Å². The lowest BCUT2D eigenvalue weighted by atomic mass is 10.1. The highest BCUT2D eigenvalue weighted by atomic mass is 32.2. The van der Waals surface area contributed by atoms with Crippen LogP contribution < -0.4 is 29.6 Å². The molecular weight excluding hydrogens is 368 g/mol. The number of methoxy groups -OCH3 is 4. The highest BCUT2D eigenvalue weighted by Gasteiger charge is 2.35. The zero-order valence-corrected chi connectivity index (χ0v) is 16.5. The average Bonchev–Trinajstić information content (AvgIpc) is 3.08. The fraction of sp³-hybridized carbons (Fsp3) is 0.316. The first-order valence-electron chi connectivity index (χ1n) is 8.21. The quantitative estimate of drug-likeness (QED) is 0.759. The first-order valence-corrected chi connectivity index (χ1v) is 9.26. The SMILES string of the molecule is COc1ccc(C2SCC(=O)N2c2cc(OC)c(OC)c(OC)c2)cc1N. The van der Waals surface area contributed by atoms with Crippen molar-refractivity contribution in [3.05, 3.63) is 35.9 Å². The van der Waals surface area contributed by atoms with Gasteiger partial charge in [0.1, 0.15) is 11.1 Å². The lowest BCUT2D eigenvalue weighted by Crippen LogP contribution is -2.28. The first-order chi connectivity index (χ1) is 13.0. The largest absolute Gasteiger partial charge is 0.495 e. The maximum atomic E-state index is 12.7. The highest BCUT2D eigenvalue weighted by molar-refractivity contribution is 8.00. The molecule has 1 atom stereocenters. The minimum atomic E-state index is -0.214. The van der Waals surface area contributed by atoms with Crippen molar-refractivity contribution < 1.29 is 23.7 Å². The second kappa shape index (κ2) is 7.87. The summed E-state index contributed by atoms with van der Waals surface area (Å²) in [6.07, 6.45) is 0. The van der Waals surface area contributed by atoms with Crippen LogP contribution in [0.5, 0.6) is 23.0 Å². The number of benzene rings is 2. The number of ether oxygens (including phenoxy) is 4. The Kier molecular flexibility index (Phi) is 5.55. The van der Waals surface area contributed by atoms with Gasteiger partial charge in [0.15, 0.2) is 11.5 Å². The molecule has 7 nitrogen and oxygen atoms in total. The number of carbonyl (C=O) groups excluding carboxylic acids is 1. The van der Waals surface area contributed by atoms with Crippen LogP contribution in [-0.2, 0) is 4.79 Å². The monoisotopic (exact) mass is 390 g/mol. The molecule has 0 saturated carbocycles. The van der Waals surface area contributed by atoms with Crippen molar-refractivity contribution in [2.45, 2.75) is 5.37 Å². The van der Waals surface area contributed by atoms with Gasteiger partial charge in [-0.25, -0.2) is 0 Å². The molecule has 0 radical (unpaired) electrons. The third kappa shape index (κ3) is 3.44. The summed E-state index contributed by atoms with van der Waals surface area (Å²) in [6.45, 7) is 0. The van der Waals surface area contributed by atoms with E-state index in [9.17, 15) is 4.79 Å². The van der Waals surface area contributed by atoms with Gasteiger partial charge in [0, 0.05) is 12.1 Å². The number of amides is 1. The van der Waals surface area contributed by atoms with Crippen molar-refractivity contribution in [2.24, 2.45) is 0 Å². The van der Waals surface area contributed by atoms with E-state index in [1.54, 1.807) is 51.5 Å². The van der Waals surface area contributed by atoms with Gasteiger partial charge in [-0.05, 0) is 17.7 Å². The normalized spacial score (nSPS) is 16.4. The van der Waals surface area contributed by atoms with Gasteiger partial charge in [-0.2, -0.15) is 0 Å². The minimum absolute atomic E-state index is 0.00587. The fourth-order valence-corrected chi connectivity index (χ4v) is 4.23. The van der Waals surface area contributed by atoms with Crippen LogP contribution in [0.3, 0.4) is 0 Å². The number of nitrogen functional groups attached to an aromatic ring is 1. The number of nitrogens with two attached hydrogens (primary N) is 1. The smallest absolute Gasteiger partial charge is 0.238 e. The number of nitrogens with zero attached hydrogens (tertiary/aromatic N) is 1. The number of rotatable bonds is 6. The van der Waals surface area contributed by atoms with E-state index in [1.807, 2.05) is 12.1 Å². The van der Waals surface area contributed by atoms with Crippen LogP contribution in [0.4, 0.5) is 11.4 Å². The molecule has 1 amide bonds. The molecule has 1 saturated heterocycles. The molecule has 1 fully saturated rings. The van der Waals surface area contributed by atoms with Crippen LogP contribution in [0.25, 0.3) is 0 Å². The Labute approximate surface area is 162 Å². The molecule has 2 aromatic carbocycles. The molecule has 1 aliphatic rings. The molecule has 1 aliphatic heterocycles. The zero-order chi connectivity index (χ0) is 19.6. The molecule has 0 aliphatic carbocycles. The van der Waals surface area contributed by atoms with E-state index in [0.29, 0.717) is 40.1 Å². The van der Waals surface area contributed by atoms with E-state index in [4.69, 9.17) is 24.7 Å². The predicted octanol–water partition coefficient (Wildman–Crippen LogP) is 3.08. The number of hydrogen-bond acceptors (Lipinski definition) is 7. The van der Waals surface area contributed by atoms with E-state index >= 15 is 0 Å². The van der Waals surface area contributed by atoms with Crippen molar-refractivity contribution in [3.63, 3.8) is 0 Å². The van der Waals surface area contributed by atoms with Crippen LogP contribution >= 0.6 is 11.8 Å². The Bertz CT molecular complexity index is 833. The van der Waals surface area contributed by atoms with Crippen LogP contribution in [0.1, 0.15) is 10.9 Å². The topological polar surface area (TPSA) is 83.2 Å². The molecule has 1 unspecified atom stereocenters. The summed E-state index contributed by atoms with van der Waals surface area (Å²) in [4.78, 5) is 14.4. The van der Waals surface area contributed by atoms with Gasteiger partial charge in [0.25, 0.3) is 0 Å². The van der Waals surface area contributed by atoms with Crippen molar-refractivity contribution in [1.82, 2.24) is 0 Å². The summed E-state index contributed by atoms with van der Waals surface area (Å²) in [5, 5.41) is -0.214. The van der Waals surface area contributed by atoms with E-state index in [0.717, 1.165) is 5.56 Å². The molecular formula is C19H22N2O5S. The third-order valence-electron chi connectivity index (χ3n) is 4.33. The molecule has 0 bridgehead atoms. The van der Waals surface area contributed by atoms with Crippen LogP contribution in [0.2, 0.25) is 0 Å². The summed E-state index contributed by atoms with van der Waals surface area (Å²) in [5.41, 5.74) is 8.16. The summed E-state index contributed by atoms with van der Waals surface area (Å²) in [6, 6.07) is 9.09. The van der Waals surface area contributed by atoms with Crippen molar-refractivity contribution in [2.75, 3.05) is 44.8 Å². The van der Waals surface area contributed by atoms with Gasteiger partial charge in [0.05, 0.1) is 45.6 Å². The van der Waals surface area contributed by atoms with Crippen LogP contribution in [0, 0.1) is 0 Å². The second-order valence-corrected chi connectivity index (χ2v) is 6.88. The van der Waals surface area contributed by atoms with E-state index in [-0.39, 0.29) is 11.3 Å². The van der Waals surface area contributed by atoms with Crippen molar-refractivity contribution >= 4 is 29.0 Å². The van der Waals surface area contributed by atoms with Gasteiger partial charge in [-0.3, -0.25) is 9.69 Å². The molecule has 2 N–H and O–H groups in total. The molecule has 0 spiro atoms. The molecule has 27 heavy (non-hydrogen) atoms. The Hall–Kier alpha value is -2.74. The summed E-state index contributed by atoms with van der Waals surface area (Å²) >= 11 is 1.53. The maximum absolute atomic E-state index is 12.7. The fourth-order valence-electron chi connectivity index (χ4n) is 3.06. The second-order valence-electron chi connectivity index (χ2n) is 5.81. The molecule has 1 heterocycles. The highest BCUT2D eigenvalue weighted by Crippen LogP contribution is 2.47. The third-order valence-corrected chi connectivity index (χ3v) is 5.55. The Morgan fingerprint density at radius 2 is 1.59 bits per heavy atom. The molecule has 0 aromatic heterocycles. The van der Waals surface area contributed by atoms with Crippen molar-refractivity contribution in [3.8, 4) is 23.0 Å². The van der Waals surface area contributed by atoms with Gasteiger partial charge in [-0.1, -0.05) is 6.07 Å². The summed E-state index contributed by atoms with van der Waals surface area (Å²) in [7, 11) is 6.20. The molecule has 8 heteroatoms. The van der Waals surface area contributed by atoms with E-state index in [2.05, 4.69) is 0 Å². The van der Waals surface area contributed by atoms with Gasteiger partial charge < -0.3 is 24.7 Å². The summed E-state index contributed by atoms with van der Waals surface area (Å²) < 4.78 is 21.4.